The largest absolute Gasteiger partial charge is 0.494 e. The van der Waals surface area contributed by atoms with Gasteiger partial charge in [-0.3, -0.25) is 0 Å². The number of aromatic nitrogens is 2. The third-order valence-corrected chi connectivity index (χ3v) is 2.86. The van der Waals surface area contributed by atoms with Gasteiger partial charge < -0.3 is 15.0 Å². The topological polar surface area (TPSA) is 53.1 Å². The first-order valence-corrected chi connectivity index (χ1v) is 6.69. The molecule has 0 radical (unpaired) electrons. The second-order valence-corrected chi connectivity index (χ2v) is 4.73. The predicted octanol–water partition coefficient (Wildman–Crippen LogP) is 2.24. The maximum atomic E-state index is 5.81. The second-order valence-electron chi connectivity index (χ2n) is 4.73. The van der Waals surface area contributed by atoms with Gasteiger partial charge in [0, 0.05) is 31.4 Å². The van der Waals surface area contributed by atoms with E-state index in [0.717, 1.165) is 31.0 Å². The van der Waals surface area contributed by atoms with Crippen molar-refractivity contribution in [3.05, 3.63) is 48.5 Å². The van der Waals surface area contributed by atoms with E-state index < -0.39 is 0 Å². The lowest BCUT2D eigenvalue weighted by Gasteiger charge is -2.10. The van der Waals surface area contributed by atoms with E-state index in [1.165, 1.54) is 0 Å². The quantitative estimate of drug-likeness (QED) is 0.776. The van der Waals surface area contributed by atoms with E-state index in [4.69, 9.17) is 10.5 Å². The fourth-order valence-electron chi connectivity index (χ4n) is 1.96. The normalized spacial score (nSPS) is 12.3. The first-order valence-electron chi connectivity index (χ1n) is 6.69. The summed E-state index contributed by atoms with van der Waals surface area (Å²) in [5.41, 5.74) is 5.81. The number of aryl methyl sites for hydroxylation is 1. The van der Waals surface area contributed by atoms with Crippen LogP contribution in [0.1, 0.15) is 19.2 Å². The summed E-state index contributed by atoms with van der Waals surface area (Å²) in [5, 5.41) is 0. The van der Waals surface area contributed by atoms with E-state index >= 15 is 0 Å². The summed E-state index contributed by atoms with van der Waals surface area (Å²) in [7, 11) is 0. The van der Waals surface area contributed by atoms with Crippen molar-refractivity contribution in [3.8, 4) is 5.75 Å². The Labute approximate surface area is 114 Å². The highest BCUT2D eigenvalue weighted by Gasteiger charge is 2.05. The van der Waals surface area contributed by atoms with Crippen molar-refractivity contribution >= 4 is 0 Å². The van der Waals surface area contributed by atoms with Crippen LogP contribution < -0.4 is 10.5 Å². The van der Waals surface area contributed by atoms with E-state index in [1.54, 1.807) is 0 Å². The standard InChI is InChI=1S/C15H21N3O/c1-13(16)12-15-17-8-10-18(15)9-5-11-19-14-6-3-2-4-7-14/h2-4,6-8,10,13H,5,9,11-12,16H2,1H3. The van der Waals surface area contributed by atoms with Crippen molar-refractivity contribution in [1.29, 1.82) is 0 Å². The van der Waals surface area contributed by atoms with Gasteiger partial charge in [-0.25, -0.2) is 4.98 Å². The third kappa shape index (κ3) is 4.41. The second kappa shape index (κ2) is 6.95. The van der Waals surface area contributed by atoms with Crippen molar-refractivity contribution in [2.75, 3.05) is 6.61 Å². The fourth-order valence-corrected chi connectivity index (χ4v) is 1.96. The highest BCUT2D eigenvalue weighted by Crippen LogP contribution is 2.09. The zero-order chi connectivity index (χ0) is 13.5. The number of para-hydroxylation sites is 1. The molecule has 4 heteroatoms. The molecule has 1 aromatic heterocycles. The zero-order valence-electron chi connectivity index (χ0n) is 11.3. The van der Waals surface area contributed by atoms with Crippen LogP contribution >= 0.6 is 0 Å². The van der Waals surface area contributed by atoms with Gasteiger partial charge in [0.15, 0.2) is 0 Å². The predicted molar refractivity (Wildman–Crippen MR) is 76.1 cm³/mol. The smallest absolute Gasteiger partial charge is 0.119 e. The number of nitrogens with two attached hydrogens (primary N) is 1. The number of ether oxygens (including phenoxy) is 1. The summed E-state index contributed by atoms with van der Waals surface area (Å²) in [5.74, 6) is 1.97. The van der Waals surface area contributed by atoms with Crippen molar-refractivity contribution in [2.24, 2.45) is 5.73 Å². The van der Waals surface area contributed by atoms with Gasteiger partial charge in [-0.1, -0.05) is 18.2 Å². The summed E-state index contributed by atoms with van der Waals surface area (Å²) in [4.78, 5) is 4.34. The number of nitrogens with zero attached hydrogens (tertiary/aromatic N) is 2. The molecular weight excluding hydrogens is 238 g/mol. The summed E-state index contributed by atoms with van der Waals surface area (Å²) < 4.78 is 7.82. The van der Waals surface area contributed by atoms with Gasteiger partial charge >= 0.3 is 0 Å². The Morgan fingerprint density at radius 3 is 2.84 bits per heavy atom. The van der Waals surface area contributed by atoms with Crippen LogP contribution in [0.25, 0.3) is 0 Å². The number of rotatable bonds is 7. The van der Waals surface area contributed by atoms with Crippen LogP contribution in [0, 0.1) is 0 Å². The Morgan fingerprint density at radius 1 is 1.32 bits per heavy atom. The minimum absolute atomic E-state index is 0.140. The van der Waals surface area contributed by atoms with Gasteiger partial charge in [-0.2, -0.15) is 0 Å². The molecule has 0 aliphatic heterocycles. The number of hydrogen-bond acceptors (Lipinski definition) is 3. The number of imidazole rings is 1. The lowest BCUT2D eigenvalue weighted by Crippen LogP contribution is -2.20. The molecule has 2 rings (SSSR count). The Morgan fingerprint density at radius 2 is 2.11 bits per heavy atom. The molecule has 1 unspecified atom stereocenters. The van der Waals surface area contributed by atoms with E-state index in [1.807, 2.05) is 49.6 Å². The van der Waals surface area contributed by atoms with E-state index in [2.05, 4.69) is 9.55 Å². The SMILES string of the molecule is CC(N)Cc1nccn1CCCOc1ccccc1. The van der Waals surface area contributed by atoms with E-state index in [0.29, 0.717) is 6.61 Å². The molecular formula is C15H21N3O. The average molecular weight is 259 g/mol. The minimum Gasteiger partial charge on any atom is -0.494 e. The van der Waals surface area contributed by atoms with Crippen molar-refractivity contribution < 1.29 is 4.74 Å². The number of benzene rings is 1. The van der Waals surface area contributed by atoms with Gasteiger partial charge in [-0.05, 0) is 25.5 Å². The number of hydrogen-bond donors (Lipinski definition) is 1. The summed E-state index contributed by atoms with van der Waals surface area (Å²) in [6, 6.07) is 10.0. The van der Waals surface area contributed by atoms with Crippen molar-refractivity contribution in [3.63, 3.8) is 0 Å². The van der Waals surface area contributed by atoms with Crippen LogP contribution in [0.15, 0.2) is 42.7 Å². The van der Waals surface area contributed by atoms with Gasteiger partial charge in [0.2, 0.25) is 0 Å². The average Bonchev–Trinajstić information content (AvgIpc) is 2.82. The van der Waals surface area contributed by atoms with Crippen LogP contribution in [-0.4, -0.2) is 22.2 Å². The van der Waals surface area contributed by atoms with E-state index in [9.17, 15) is 0 Å². The van der Waals surface area contributed by atoms with E-state index in [-0.39, 0.29) is 6.04 Å². The highest BCUT2D eigenvalue weighted by molar-refractivity contribution is 5.20. The molecule has 0 aliphatic rings. The van der Waals surface area contributed by atoms with Crippen LogP contribution in [0.4, 0.5) is 0 Å². The Kier molecular flexibility index (Phi) is 4.98. The van der Waals surface area contributed by atoms with Gasteiger partial charge in [0.1, 0.15) is 11.6 Å². The molecule has 1 aromatic carbocycles. The highest BCUT2D eigenvalue weighted by atomic mass is 16.5. The molecule has 0 fully saturated rings. The zero-order valence-corrected chi connectivity index (χ0v) is 11.3. The molecule has 102 valence electrons. The Balaban J connectivity index is 1.75. The van der Waals surface area contributed by atoms with Crippen molar-refractivity contribution in [2.45, 2.75) is 32.4 Å². The molecule has 2 N–H and O–H groups in total. The summed E-state index contributed by atoms with van der Waals surface area (Å²) in [6.45, 7) is 3.62. The summed E-state index contributed by atoms with van der Waals surface area (Å²) in [6.07, 6.45) is 5.60. The Hall–Kier alpha value is -1.81. The maximum absolute atomic E-state index is 5.81. The Bertz CT molecular complexity index is 479. The maximum Gasteiger partial charge on any atom is 0.119 e. The van der Waals surface area contributed by atoms with Gasteiger partial charge in [0.05, 0.1) is 6.61 Å². The first kappa shape index (κ1) is 13.6. The molecule has 0 saturated carbocycles. The minimum atomic E-state index is 0.140. The molecule has 19 heavy (non-hydrogen) atoms. The van der Waals surface area contributed by atoms with Gasteiger partial charge in [-0.15, -0.1) is 0 Å². The lowest BCUT2D eigenvalue weighted by molar-refractivity contribution is 0.301. The molecule has 4 nitrogen and oxygen atoms in total. The molecule has 0 amide bonds. The molecule has 0 spiro atoms. The molecule has 0 saturated heterocycles. The third-order valence-electron chi connectivity index (χ3n) is 2.86. The summed E-state index contributed by atoms with van der Waals surface area (Å²) >= 11 is 0. The molecule has 0 bridgehead atoms. The van der Waals surface area contributed by atoms with Crippen LogP contribution in [0.2, 0.25) is 0 Å². The van der Waals surface area contributed by atoms with Crippen LogP contribution in [-0.2, 0) is 13.0 Å². The van der Waals surface area contributed by atoms with Crippen LogP contribution in [0.3, 0.4) is 0 Å². The lowest BCUT2D eigenvalue weighted by atomic mass is 10.2. The van der Waals surface area contributed by atoms with Crippen LogP contribution in [0.5, 0.6) is 5.75 Å². The van der Waals surface area contributed by atoms with Gasteiger partial charge in [0.25, 0.3) is 0 Å². The molecule has 1 heterocycles. The monoisotopic (exact) mass is 259 g/mol. The fraction of sp³-hybridized carbons (Fsp3) is 0.400. The molecule has 0 aliphatic carbocycles. The molecule has 2 aromatic rings. The molecule has 1 atom stereocenters. The van der Waals surface area contributed by atoms with Crippen molar-refractivity contribution in [1.82, 2.24) is 9.55 Å². The first-order chi connectivity index (χ1) is 9.25.